The molecule has 0 amide bonds. The molecule has 30 heavy (non-hydrogen) atoms. The van der Waals surface area contributed by atoms with Crippen molar-refractivity contribution in [2.45, 2.75) is 52.1 Å². The maximum atomic E-state index is 13.3. The lowest BCUT2D eigenvalue weighted by Crippen LogP contribution is -3.12. The standard InChI is InChI=1S/C22H30N6O2/c1-15-12-16(2)19-17(13-15)14-18(22(29)23-19)20(27-8-6-4-5-7-9-27)21-24-25-26-28(21)10-11-30-3/h12-14,20H,4-11H2,1-3H3,(H,23,29)/p+1/t20-/m1/s1. The van der Waals surface area contributed by atoms with Gasteiger partial charge in [0, 0.05) is 7.11 Å². The molecule has 0 radical (unpaired) electrons. The van der Waals surface area contributed by atoms with Crippen LogP contribution in [-0.2, 0) is 11.3 Å². The van der Waals surface area contributed by atoms with Gasteiger partial charge in [0.15, 0.2) is 6.04 Å². The number of H-pyrrole nitrogens is 1. The summed E-state index contributed by atoms with van der Waals surface area (Å²) in [5, 5.41) is 13.6. The van der Waals surface area contributed by atoms with Crippen molar-refractivity contribution < 1.29 is 9.64 Å². The van der Waals surface area contributed by atoms with E-state index in [0.29, 0.717) is 13.2 Å². The lowest BCUT2D eigenvalue weighted by molar-refractivity contribution is -0.925. The number of pyridine rings is 1. The van der Waals surface area contributed by atoms with Gasteiger partial charge in [0.25, 0.3) is 5.56 Å². The van der Waals surface area contributed by atoms with E-state index in [2.05, 4.69) is 39.6 Å². The van der Waals surface area contributed by atoms with Crippen LogP contribution in [0.3, 0.4) is 0 Å². The van der Waals surface area contributed by atoms with Crippen LogP contribution < -0.4 is 10.5 Å². The quantitative estimate of drug-likeness (QED) is 0.639. The average molecular weight is 412 g/mol. The van der Waals surface area contributed by atoms with E-state index in [-0.39, 0.29) is 11.6 Å². The third-order valence-electron chi connectivity index (χ3n) is 6.11. The number of nitrogens with one attached hydrogen (secondary N) is 2. The molecule has 1 aromatic carbocycles. The second-order valence-corrected chi connectivity index (χ2v) is 8.36. The smallest absolute Gasteiger partial charge is 0.258 e. The molecule has 1 aliphatic rings. The minimum Gasteiger partial charge on any atom is -0.383 e. The molecule has 1 saturated heterocycles. The fourth-order valence-electron chi connectivity index (χ4n) is 4.69. The van der Waals surface area contributed by atoms with Crippen molar-refractivity contribution >= 4 is 10.9 Å². The van der Waals surface area contributed by atoms with E-state index in [1.165, 1.54) is 23.3 Å². The first kappa shape index (κ1) is 20.7. The first-order valence-corrected chi connectivity index (χ1v) is 10.8. The molecule has 0 unspecified atom stereocenters. The Kier molecular flexibility index (Phi) is 6.24. The van der Waals surface area contributed by atoms with Crippen molar-refractivity contribution in [3.05, 3.63) is 51.1 Å². The van der Waals surface area contributed by atoms with Crippen molar-refractivity contribution in [3.8, 4) is 0 Å². The van der Waals surface area contributed by atoms with Crippen LogP contribution in [0, 0.1) is 13.8 Å². The summed E-state index contributed by atoms with van der Waals surface area (Å²) in [5.74, 6) is 0.734. The Morgan fingerprint density at radius 2 is 1.93 bits per heavy atom. The number of tetrazole rings is 1. The van der Waals surface area contributed by atoms with Gasteiger partial charge in [-0.25, -0.2) is 4.68 Å². The van der Waals surface area contributed by atoms with E-state index in [9.17, 15) is 4.79 Å². The number of aryl methyl sites for hydroxylation is 2. The van der Waals surface area contributed by atoms with E-state index in [1.54, 1.807) is 11.8 Å². The van der Waals surface area contributed by atoms with Gasteiger partial charge in [-0.2, -0.15) is 0 Å². The molecule has 1 atom stereocenters. The first-order chi connectivity index (χ1) is 14.6. The summed E-state index contributed by atoms with van der Waals surface area (Å²) in [4.78, 5) is 17.8. The normalized spacial score (nSPS) is 16.6. The Morgan fingerprint density at radius 3 is 2.67 bits per heavy atom. The molecule has 160 valence electrons. The van der Waals surface area contributed by atoms with Gasteiger partial charge in [0.2, 0.25) is 5.82 Å². The number of hydrogen-bond acceptors (Lipinski definition) is 5. The molecule has 0 saturated carbocycles. The van der Waals surface area contributed by atoms with Crippen molar-refractivity contribution in [1.29, 1.82) is 0 Å². The Balaban J connectivity index is 1.86. The van der Waals surface area contributed by atoms with E-state index in [0.717, 1.165) is 53.8 Å². The Bertz CT molecular complexity index is 1070. The van der Waals surface area contributed by atoms with Crippen LogP contribution in [0.1, 0.15) is 54.2 Å². The number of aromatic amines is 1. The monoisotopic (exact) mass is 411 g/mol. The number of rotatable bonds is 6. The molecular formula is C22H31N6O2+. The van der Waals surface area contributed by atoms with Gasteiger partial charge in [0.1, 0.15) is 0 Å². The summed E-state index contributed by atoms with van der Waals surface area (Å²) in [6.07, 6.45) is 4.76. The number of quaternary nitrogens is 1. The zero-order valence-electron chi connectivity index (χ0n) is 18.1. The number of nitrogens with zero attached hydrogens (tertiary/aromatic N) is 4. The first-order valence-electron chi connectivity index (χ1n) is 10.8. The summed E-state index contributed by atoms with van der Waals surface area (Å²) in [6.45, 7) is 7.21. The van der Waals surface area contributed by atoms with Crippen LogP contribution in [0.25, 0.3) is 10.9 Å². The minimum atomic E-state index is -0.205. The molecule has 1 aliphatic heterocycles. The van der Waals surface area contributed by atoms with Gasteiger partial charge in [-0.05, 0) is 73.0 Å². The topological polar surface area (TPSA) is 90.1 Å². The predicted octanol–water partition coefficient (Wildman–Crippen LogP) is 1.33. The highest BCUT2D eigenvalue weighted by molar-refractivity contribution is 5.83. The third kappa shape index (κ3) is 4.15. The molecule has 3 heterocycles. The van der Waals surface area contributed by atoms with Crippen LogP contribution in [-0.4, -0.2) is 52.0 Å². The Morgan fingerprint density at radius 1 is 1.17 bits per heavy atom. The lowest BCUT2D eigenvalue weighted by atomic mass is 10.0. The zero-order chi connectivity index (χ0) is 21.1. The summed E-state index contributed by atoms with van der Waals surface area (Å²) < 4.78 is 7.03. The second-order valence-electron chi connectivity index (χ2n) is 8.36. The molecule has 0 spiro atoms. The SMILES string of the molecule is COCCn1nnnc1[C@@H](c1cc2cc(C)cc(C)c2[nH]c1=O)[NH+]1CCCCCC1. The summed E-state index contributed by atoms with van der Waals surface area (Å²) >= 11 is 0. The largest absolute Gasteiger partial charge is 0.383 e. The summed E-state index contributed by atoms with van der Waals surface area (Å²) in [7, 11) is 1.67. The predicted molar refractivity (Wildman–Crippen MR) is 115 cm³/mol. The van der Waals surface area contributed by atoms with Crippen molar-refractivity contribution in [2.24, 2.45) is 0 Å². The summed E-state index contributed by atoms with van der Waals surface area (Å²) in [5.41, 5.74) is 3.84. The lowest BCUT2D eigenvalue weighted by Gasteiger charge is -2.26. The van der Waals surface area contributed by atoms with Gasteiger partial charge in [-0.1, -0.05) is 11.6 Å². The van der Waals surface area contributed by atoms with E-state index >= 15 is 0 Å². The number of methoxy groups -OCH3 is 1. The van der Waals surface area contributed by atoms with Gasteiger partial charge >= 0.3 is 0 Å². The molecule has 2 aromatic heterocycles. The number of hydrogen-bond donors (Lipinski definition) is 2. The maximum absolute atomic E-state index is 13.3. The number of aromatic nitrogens is 5. The van der Waals surface area contributed by atoms with Crippen LogP contribution in [0.4, 0.5) is 0 Å². The fourth-order valence-corrected chi connectivity index (χ4v) is 4.69. The van der Waals surface area contributed by atoms with Crippen molar-refractivity contribution in [3.63, 3.8) is 0 Å². The van der Waals surface area contributed by atoms with Crippen LogP contribution >= 0.6 is 0 Å². The molecule has 8 heteroatoms. The van der Waals surface area contributed by atoms with Crippen molar-refractivity contribution in [1.82, 2.24) is 25.2 Å². The molecule has 8 nitrogen and oxygen atoms in total. The Labute approximate surface area is 176 Å². The van der Waals surface area contributed by atoms with E-state index < -0.39 is 0 Å². The van der Waals surface area contributed by atoms with E-state index in [1.807, 2.05) is 13.0 Å². The molecule has 0 bridgehead atoms. The molecule has 0 aliphatic carbocycles. The van der Waals surface area contributed by atoms with Gasteiger partial charge < -0.3 is 14.6 Å². The second kappa shape index (κ2) is 9.06. The fraction of sp³-hybridized carbons (Fsp3) is 0.545. The number of benzene rings is 1. The van der Waals surface area contributed by atoms with E-state index in [4.69, 9.17) is 4.74 Å². The maximum Gasteiger partial charge on any atom is 0.258 e. The van der Waals surface area contributed by atoms with Gasteiger partial charge in [-0.3, -0.25) is 4.79 Å². The molecule has 2 N–H and O–H groups in total. The van der Waals surface area contributed by atoms with Crippen LogP contribution in [0.5, 0.6) is 0 Å². The highest BCUT2D eigenvalue weighted by Crippen LogP contribution is 2.22. The molecule has 1 fully saturated rings. The van der Waals surface area contributed by atoms with Crippen LogP contribution in [0.2, 0.25) is 0 Å². The average Bonchev–Trinajstić information content (AvgIpc) is 3.00. The van der Waals surface area contributed by atoms with Gasteiger partial charge in [-0.15, -0.1) is 5.10 Å². The third-order valence-corrected chi connectivity index (χ3v) is 6.11. The number of ether oxygens (including phenoxy) is 1. The highest BCUT2D eigenvalue weighted by Gasteiger charge is 2.34. The highest BCUT2D eigenvalue weighted by atomic mass is 16.5. The zero-order valence-corrected chi connectivity index (χ0v) is 18.1. The molecule has 3 aromatic rings. The molecule has 4 rings (SSSR count). The van der Waals surface area contributed by atoms with Gasteiger partial charge in [0.05, 0.1) is 37.3 Å². The summed E-state index contributed by atoms with van der Waals surface area (Å²) in [6, 6.07) is 6.07. The molecular weight excluding hydrogens is 380 g/mol. The van der Waals surface area contributed by atoms with Crippen LogP contribution in [0.15, 0.2) is 23.0 Å². The number of fused-ring (bicyclic) bond motifs is 1. The minimum absolute atomic E-state index is 0.0579. The van der Waals surface area contributed by atoms with Crippen molar-refractivity contribution in [2.75, 3.05) is 26.8 Å². The number of likely N-dealkylation sites (tertiary alicyclic amines) is 1. The Hall–Kier alpha value is -2.58.